The van der Waals surface area contributed by atoms with Crippen LogP contribution in [0.3, 0.4) is 0 Å². The molecule has 0 saturated heterocycles. The first-order chi connectivity index (χ1) is 9.53. The first-order valence-corrected chi connectivity index (χ1v) is 6.92. The van der Waals surface area contributed by atoms with Crippen molar-refractivity contribution in [3.63, 3.8) is 0 Å². The first-order valence-electron chi connectivity index (χ1n) is 6.92. The summed E-state index contributed by atoms with van der Waals surface area (Å²) in [7, 11) is 0. The zero-order valence-corrected chi connectivity index (χ0v) is 12.6. The molecule has 1 aromatic rings. The van der Waals surface area contributed by atoms with E-state index < -0.39 is 0 Å². The number of nitriles is 1. The minimum atomic E-state index is -0.181. The molecular weight excluding hydrogens is 252 g/mol. The number of hydrogen-bond donors (Lipinski definition) is 1. The van der Waals surface area contributed by atoms with E-state index in [9.17, 15) is 4.79 Å². The van der Waals surface area contributed by atoms with Gasteiger partial charge in [0.05, 0.1) is 23.2 Å². The summed E-state index contributed by atoms with van der Waals surface area (Å²) in [6.07, 6.45) is 1.61. The fraction of sp³-hybridized carbons (Fsp3) is 0.533. The van der Waals surface area contributed by atoms with Crippen molar-refractivity contribution in [1.82, 2.24) is 9.88 Å². The number of nitrogens with one attached hydrogen (secondary N) is 1. The summed E-state index contributed by atoms with van der Waals surface area (Å²) >= 11 is 0. The molecule has 1 heterocycles. The molecule has 0 aliphatic carbocycles. The highest BCUT2D eigenvalue weighted by molar-refractivity contribution is 5.99. The Balaban J connectivity index is 3.03. The summed E-state index contributed by atoms with van der Waals surface area (Å²) in [5.41, 5.74) is 2.23. The average molecular weight is 274 g/mol. The fourth-order valence-corrected chi connectivity index (χ4v) is 1.96. The first kappa shape index (κ1) is 16.0. The number of rotatable bonds is 6. The molecule has 0 aliphatic rings. The molecule has 0 spiro atoms. The van der Waals surface area contributed by atoms with Crippen LogP contribution in [0.15, 0.2) is 12.3 Å². The van der Waals surface area contributed by atoms with E-state index in [-0.39, 0.29) is 11.8 Å². The summed E-state index contributed by atoms with van der Waals surface area (Å²) in [6, 6.07) is 4.03. The maximum absolute atomic E-state index is 12.6. The summed E-state index contributed by atoms with van der Waals surface area (Å²) in [5, 5.41) is 12.1. The van der Waals surface area contributed by atoms with Gasteiger partial charge in [-0.15, -0.1) is 0 Å². The molecule has 1 amide bonds. The van der Waals surface area contributed by atoms with Crippen LogP contribution in [-0.4, -0.2) is 35.4 Å². The van der Waals surface area contributed by atoms with E-state index in [4.69, 9.17) is 5.26 Å². The normalized spacial score (nSPS) is 11.6. The Kier molecular flexibility index (Phi) is 5.98. The quantitative estimate of drug-likeness (QED) is 0.865. The number of pyridine rings is 1. The predicted octanol–water partition coefficient (Wildman–Crippen LogP) is 2.44. The molecule has 5 nitrogen and oxygen atoms in total. The Morgan fingerprint density at radius 2 is 2.25 bits per heavy atom. The van der Waals surface area contributed by atoms with Crippen molar-refractivity contribution in [3.8, 4) is 6.07 Å². The van der Waals surface area contributed by atoms with Crippen LogP contribution in [0.4, 0.5) is 5.69 Å². The summed E-state index contributed by atoms with van der Waals surface area (Å²) in [5.74, 6) is -0.266. The van der Waals surface area contributed by atoms with Crippen LogP contribution in [0.1, 0.15) is 36.8 Å². The molecule has 0 saturated carbocycles. The topological polar surface area (TPSA) is 69.0 Å². The number of aryl methyl sites for hydroxylation is 1. The number of aromatic nitrogens is 1. The van der Waals surface area contributed by atoms with Gasteiger partial charge in [-0.05, 0) is 33.8 Å². The van der Waals surface area contributed by atoms with E-state index in [2.05, 4.69) is 16.4 Å². The summed E-state index contributed by atoms with van der Waals surface area (Å²) in [6.45, 7) is 9.36. The Labute approximate surface area is 120 Å². The third kappa shape index (κ3) is 3.95. The second-order valence-electron chi connectivity index (χ2n) is 4.78. The van der Waals surface area contributed by atoms with Crippen molar-refractivity contribution < 1.29 is 4.79 Å². The molecule has 108 valence electrons. The Morgan fingerprint density at radius 3 is 2.80 bits per heavy atom. The fourth-order valence-electron chi connectivity index (χ4n) is 1.96. The second kappa shape index (κ2) is 7.49. The number of hydrogen-bond acceptors (Lipinski definition) is 4. The van der Waals surface area contributed by atoms with Crippen LogP contribution in [0.25, 0.3) is 0 Å². The van der Waals surface area contributed by atoms with Crippen molar-refractivity contribution in [2.45, 2.75) is 27.7 Å². The van der Waals surface area contributed by atoms with Crippen molar-refractivity contribution in [2.75, 3.05) is 25.0 Å². The van der Waals surface area contributed by atoms with Gasteiger partial charge < -0.3 is 10.2 Å². The molecule has 1 aromatic heterocycles. The second-order valence-corrected chi connectivity index (χ2v) is 4.78. The third-order valence-electron chi connectivity index (χ3n) is 3.02. The van der Waals surface area contributed by atoms with E-state index >= 15 is 0 Å². The molecule has 0 aromatic carbocycles. The number of carbonyl (C=O) groups excluding carboxylic acids is 1. The molecule has 5 heteroatoms. The van der Waals surface area contributed by atoms with Crippen molar-refractivity contribution in [1.29, 1.82) is 5.26 Å². The van der Waals surface area contributed by atoms with Gasteiger partial charge in [-0.2, -0.15) is 5.26 Å². The SMILES string of the molecule is CCNc1cc(C)ncc1C(=O)N(CC)CC(C)C#N. The predicted molar refractivity (Wildman–Crippen MR) is 79.5 cm³/mol. The van der Waals surface area contributed by atoms with Crippen molar-refractivity contribution in [2.24, 2.45) is 5.92 Å². The molecule has 0 aliphatic heterocycles. The van der Waals surface area contributed by atoms with Crippen LogP contribution in [-0.2, 0) is 0 Å². The highest BCUT2D eigenvalue weighted by Crippen LogP contribution is 2.18. The molecule has 20 heavy (non-hydrogen) atoms. The molecule has 1 rings (SSSR count). The maximum Gasteiger partial charge on any atom is 0.257 e. The molecule has 1 N–H and O–H groups in total. The lowest BCUT2D eigenvalue weighted by Crippen LogP contribution is -2.34. The third-order valence-corrected chi connectivity index (χ3v) is 3.02. The molecule has 1 atom stereocenters. The van der Waals surface area contributed by atoms with E-state index in [1.807, 2.05) is 33.8 Å². The Hall–Kier alpha value is -2.09. The van der Waals surface area contributed by atoms with Crippen LogP contribution < -0.4 is 5.32 Å². The highest BCUT2D eigenvalue weighted by Gasteiger charge is 2.20. The van der Waals surface area contributed by atoms with E-state index in [1.165, 1.54) is 0 Å². The standard InChI is InChI=1S/C15H22N4O/c1-5-17-14-7-12(4)18-9-13(14)15(20)19(6-2)10-11(3)8-16/h7,9,11H,5-6,10H2,1-4H3,(H,17,18). The van der Waals surface area contributed by atoms with E-state index in [0.717, 1.165) is 17.9 Å². The van der Waals surface area contributed by atoms with Gasteiger partial charge in [0.1, 0.15) is 0 Å². The Morgan fingerprint density at radius 1 is 1.55 bits per heavy atom. The zero-order valence-electron chi connectivity index (χ0n) is 12.6. The number of anilines is 1. The minimum Gasteiger partial charge on any atom is -0.385 e. The lowest BCUT2D eigenvalue weighted by Gasteiger charge is -2.23. The van der Waals surface area contributed by atoms with Gasteiger partial charge >= 0.3 is 0 Å². The average Bonchev–Trinajstić information content (AvgIpc) is 2.44. The van der Waals surface area contributed by atoms with Gasteiger partial charge in [0.2, 0.25) is 0 Å². The van der Waals surface area contributed by atoms with E-state index in [1.54, 1.807) is 11.1 Å². The summed E-state index contributed by atoms with van der Waals surface area (Å²) < 4.78 is 0. The maximum atomic E-state index is 12.6. The van der Waals surface area contributed by atoms with Gasteiger partial charge in [-0.3, -0.25) is 9.78 Å². The van der Waals surface area contributed by atoms with Crippen molar-refractivity contribution in [3.05, 3.63) is 23.5 Å². The smallest absolute Gasteiger partial charge is 0.257 e. The van der Waals surface area contributed by atoms with Crippen LogP contribution in [0.2, 0.25) is 0 Å². The van der Waals surface area contributed by atoms with Gasteiger partial charge in [0, 0.05) is 31.5 Å². The number of nitrogens with zero attached hydrogens (tertiary/aromatic N) is 3. The van der Waals surface area contributed by atoms with Gasteiger partial charge in [0.15, 0.2) is 0 Å². The highest BCUT2D eigenvalue weighted by atomic mass is 16.2. The molecular formula is C15H22N4O. The minimum absolute atomic E-state index is 0.0851. The van der Waals surface area contributed by atoms with E-state index in [0.29, 0.717) is 18.7 Å². The van der Waals surface area contributed by atoms with Crippen LogP contribution in [0.5, 0.6) is 0 Å². The van der Waals surface area contributed by atoms with Crippen LogP contribution in [0, 0.1) is 24.2 Å². The van der Waals surface area contributed by atoms with Gasteiger partial charge in [-0.25, -0.2) is 0 Å². The van der Waals surface area contributed by atoms with Gasteiger partial charge in [-0.1, -0.05) is 0 Å². The molecule has 0 fully saturated rings. The lowest BCUT2D eigenvalue weighted by molar-refractivity contribution is 0.0753. The largest absolute Gasteiger partial charge is 0.385 e. The van der Waals surface area contributed by atoms with Crippen LogP contribution >= 0.6 is 0 Å². The lowest BCUT2D eigenvalue weighted by atomic mass is 10.1. The van der Waals surface area contributed by atoms with Crippen molar-refractivity contribution >= 4 is 11.6 Å². The number of carbonyl (C=O) groups is 1. The molecule has 0 radical (unpaired) electrons. The monoisotopic (exact) mass is 274 g/mol. The summed E-state index contributed by atoms with van der Waals surface area (Å²) in [4.78, 5) is 18.5. The molecule has 0 bridgehead atoms. The Bertz CT molecular complexity index is 507. The molecule has 1 unspecified atom stereocenters. The number of amides is 1. The van der Waals surface area contributed by atoms with Gasteiger partial charge in [0.25, 0.3) is 5.91 Å². The zero-order chi connectivity index (χ0) is 15.1.